The van der Waals surface area contributed by atoms with E-state index in [4.69, 9.17) is 4.74 Å². The van der Waals surface area contributed by atoms with E-state index >= 15 is 0 Å². The van der Waals surface area contributed by atoms with Gasteiger partial charge in [-0.1, -0.05) is 53.7 Å². The Morgan fingerprint density at radius 3 is 2.24 bits per heavy atom. The molecule has 116 valence electrons. The Hall–Kier alpha value is -0.500. The van der Waals surface area contributed by atoms with Gasteiger partial charge >= 0.3 is 0 Å². The van der Waals surface area contributed by atoms with Gasteiger partial charge in [-0.3, -0.25) is 0 Å². The van der Waals surface area contributed by atoms with Crippen molar-refractivity contribution in [3.8, 4) is 5.75 Å². The minimum absolute atomic E-state index is 0.388. The van der Waals surface area contributed by atoms with Crippen molar-refractivity contribution in [2.24, 2.45) is 5.41 Å². The van der Waals surface area contributed by atoms with E-state index in [1.807, 2.05) is 0 Å². The van der Waals surface area contributed by atoms with Gasteiger partial charge in [-0.25, -0.2) is 0 Å². The number of hydrogen-bond donors (Lipinski definition) is 0. The van der Waals surface area contributed by atoms with Crippen LogP contribution in [0.5, 0.6) is 5.75 Å². The molecular weight excluding hydrogens is 324 g/mol. The highest BCUT2D eigenvalue weighted by atomic mass is 79.9. The van der Waals surface area contributed by atoms with Gasteiger partial charge in [-0.05, 0) is 56.7 Å². The van der Waals surface area contributed by atoms with Crippen molar-refractivity contribution in [1.29, 1.82) is 0 Å². The number of ether oxygens (including phenoxy) is 1. The standard InChI is InChI=1S/C19H27BrO/c1-13-8-9-14(2)18(15(13)3)21-17-12-16(20)19(17)10-6-4-5-7-11-19/h8-9,16-17H,4-7,10-12H2,1-3H3. The van der Waals surface area contributed by atoms with Crippen molar-refractivity contribution in [3.05, 3.63) is 28.8 Å². The van der Waals surface area contributed by atoms with Gasteiger partial charge in [0.25, 0.3) is 0 Å². The summed E-state index contributed by atoms with van der Waals surface area (Å²) in [7, 11) is 0. The van der Waals surface area contributed by atoms with Gasteiger partial charge in [0.05, 0.1) is 0 Å². The molecule has 2 aliphatic rings. The lowest BCUT2D eigenvalue weighted by Gasteiger charge is -2.53. The molecule has 2 saturated carbocycles. The summed E-state index contributed by atoms with van der Waals surface area (Å²) in [5.41, 5.74) is 4.32. The fourth-order valence-corrected chi connectivity index (χ4v) is 5.23. The monoisotopic (exact) mass is 350 g/mol. The fourth-order valence-electron chi connectivity index (χ4n) is 4.14. The second-order valence-electron chi connectivity index (χ2n) is 7.11. The molecule has 2 fully saturated rings. The van der Waals surface area contributed by atoms with Crippen LogP contribution in [0, 0.1) is 26.2 Å². The SMILES string of the molecule is Cc1ccc(C)c(OC2CC(Br)C23CCCCCC3)c1C. The summed E-state index contributed by atoms with van der Waals surface area (Å²) >= 11 is 3.94. The van der Waals surface area contributed by atoms with E-state index in [9.17, 15) is 0 Å². The van der Waals surface area contributed by atoms with Crippen LogP contribution in [-0.2, 0) is 0 Å². The van der Waals surface area contributed by atoms with E-state index in [0.29, 0.717) is 16.3 Å². The largest absolute Gasteiger partial charge is 0.489 e. The molecule has 1 nitrogen and oxygen atoms in total. The third kappa shape index (κ3) is 2.65. The summed E-state index contributed by atoms with van der Waals surface area (Å²) in [5.74, 6) is 1.14. The second-order valence-corrected chi connectivity index (χ2v) is 8.22. The summed E-state index contributed by atoms with van der Waals surface area (Å²) in [4.78, 5) is 0.651. The van der Waals surface area contributed by atoms with Crippen LogP contribution in [-0.4, -0.2) is 10.9 Å². The van der Waals surface area contributed by atoms with E-state index in [1.165, 1.54) is 55.2 Å². The maximum Gasteiger partial charge on any atom is 0.125 e. The lowest BCUT2D eigenvalue weighted by molar-refractivity contribution is -0.0468. The van der Waals surface area contributed by atoms with Gasteiger partial charge in [-0.15, -0.1) is 0 Å². The summed E-state index contributed by atoms with van der Waals surface area (Å²) in [6, 6.07) is 4.40. The average Bonchev–Trinajstić information content (AvgIpc) is 2.74. The maximum atomic E-state index is 6.58. The first-order chi connectivity index (χ1) is 10.0. The Morgan fingerprint density at radius 2 is 1.62 bits per heavy atom. The highest BCUT2D eigenvalue weighted by Gasteiger charge is 2.55. The summed E-state index contributed by atoms with van der Waals surface area (Å²) in [6.45, 7) is 6.55. The molecule has 2 unspecified atom stereocenters. The molecule has 3 rings (SSSR count). The molecule has 2 atom stereocenters. The fraction of sp³-hybridized carbons (Fsp3) is 0.684. The first-order valence-electron chi connectivity index (χ1n) is 8.42. The number of benzene rings is 1. The van der Waals surface area contributed by atoms with Gasteiger partial charge in [0, 0.05) is 10.2 Å². The molecule has 21 heavy (non-hydrogen) atoms. The van der Waals surface area contributed by atoms with Crippen LogP contribution in [0.4, 0.5) is 0 Å². The van der Waals surface area contributed by atoms with E-state index in [-0.39, 0.29) is 0 Å². The number of halogens is 1. The lowest BCUT2D eigenvalue weighted by atomic mass is 9.61. The second kappa shape index (κ2) is 5.95. The molecule has 1 aromatic carbocycles. The number of rotatable bonds is 2. The predicted octanol–water partition coefficient (Wildman–Crippen LogP) is 5.87. The molecule has 1 aromatic rings. The minimum Gasteiger partial charge on any atom is -0.489 e. The van der Waals surface area contributed by atoms with Gasteiger partial charge in [0.2, 0.25) is 0 Å². The average molecular weight is 351 g/mol. The lowest BCUT2D eigenvalue weighted by Crippen LogP contribution is -2.56. The van der Waals surface area contributed by atoms with Gasteiger partial charge in [0.15, 0.2) is 0 Å². The van der Waals surface area contributed by atoms with Gasteiger partial charge < -0.3 is 4.74 Å². The molecule has 0 heterocycles. The molecule has 2 heteroatoms. The summed E-state index contributed by atoms with van der Waals surface area (Å²) < 4.78 is 6.58. The molecule has 0 aromatic heterocycles. The van der Waals surface area contributed by atoms with Crippen LogP contribution in [0.3, 0.4) is 0 Å². The third-order valence-electron chi connectivity index (χ3n) is 5.85. The Kier molecular flexibility index (Phi) is 4.36. The van der Waals surface area contributed by atoms with Crippen molar-refractivity contribution < 1.29 is 4.74 Å². The molecule has 0 bridgehead atoms. The van der Waals surface area contributed by atoms with Crippen molar-refractivity contribution >= 4 is 15.9 Å². The van der Waals surface area contributed by atoms with Crippen molar-refractivity contribution in [2.75, 3.05) is 0 Å². The molecule has 0 aliphatic heterocycles. The molecule has 1 spiro atoms. The zero-order chi connectivity index (χ0) is 15.0. The molecule has 2 aliphatic carbocycles. The molecule has 0 saturated heterocycles. The maximum absolute atomic E-state index is 6.58. The zero-order valence-electron chi connectivity index (χ0n) is 13.5. The Balaban J connectivity index is 1.83. The van der Waals surface area contributed by atoms with Gasteiger partial charge in [-0.2, -0.15) is 0 Å². The smallest absolute Gasteiger partial charge is 0.125 e. The van der Waals surface area contributed by atoms with Crippen LogP contribution < -0.4 is 4.74 Å². The van der Waals surface area contributed by atoms with Crippen LogP contribution in [0.1, 0.15) is 61.6 Å². The number of alkyl halides is 1. The predicted molar refractivity (Wildman–Crippen MR) is 92.5 cm³/mol. The first-order valence-corrected chi connectivity index (χ1v) is 9.34. The molecule has 0 radical (unpaired) electrons. The number of aryl methyl sites for hydroxylation is 2. The van der Waals surface area contributed by atoms with E-state index in [1.54, 1.807) is 0 Å². The van der Waals surface area contributed by atoms with Crippen molar-refractivity contribution in [1.82, 2.24) is 0 Å². The highest BCUT2D eigenvalue weighted by molar-refractivity contribution is 9.09. The molecule has 0 N–H and O–H groups in total. The third-order valence-corrected chi connectivity index (χ3v) is 7.14. The Morgan fingerprint density at radius 1 is 1.00 bits per heavy atom. The Labute approximate surface area is 137 Å². The first kappa shape index (κ1) is 15.4. The topological polar surface area (TPSA) is 9.23 Å². The summed E-state index contributed by atoms with van der Waals surface area (Å²) in [6.07, 6.45) is 9.76. The minimum atomic E-state index is 0.388. The number of hydrogen-bond acceptors (Lipinski definition) is 1. The van der Waals surface area contributed by atoms with E-state index < -0.39 is 0 Å². The van der Waals surface area contributed by atoms with Crippen molar-refractivity contribution in [3.63, 3.8) is 0 Å². The quantitative estimate of drug-likeness (QED) is 0.606. The van der Waals surface area contributed by atoms with Crippen LogP contribution in [0.15, 0.2) is 12.1 Å². The zero-order valence-corrected chi connectivity index (χ0v) is 15.1. The van der Waals surface area contributed by atoms with Crippen molar-refractivity contribution in [2.45, 2.75) is 76.6 Å². The van der Waals surface area contributed by atoms with E-state index in [0.717, 1.165) is 12.2 Å². The summed E-state index contributed by atoms with van der Waals surface area (Å²) in [5, 5.41) is 0. The molecular formula is C19H27BrO. The van der Waals surface area contributed by atoms with E-state index in [2.05, 4.69) is 48.8 Å². The highest BCUT2D eigenvalue weighted by Crippen LogP contribution is 2.56. The van der Waals surface area contributed by atoms with Gasteiger partial charge in [0.1, 0.15) is 11.9 Å². The molecule has 0 amide bonds. The van der Waals surface area contributed by atoms with Crippen LogP contribution in [0.25, 0.3) is 0 Å². The van der Waals surface area contributed by atoms with Crippen LogP contribution in [0.2, 0.25) is 0 Å². The Bertz CT molecular complexity index is 515. The van der Waals surface area contributed by atoms with Crippen LogP contribution >= 0.6 is 15.9 Å². The normalized spacial score (nSPS) is 28.0.